The van der Waals surface area contributed by atoms with Crippen LogP contribution in [-0.2, 0) is 0 Å². The number of hydrogen-bond donors (Lipinski definition) is 1. The van der Waals surface area contributed by atoms with Gasteiger partial charge in [0.05, 0.1) is 11.0 Å². The Hall–Kier alpha value is -1.76. The molecule has 0 aliphatic carbocycles. The van der Waals surface area contributed by atoms with E-state index in [1.54, 1.807) is 0 Å². The van der Waals surface area contributed by atoms with E-state index < -0.39 is 17.1 Å². The predicted molar refractivity (Wildman–Crippen MR) is 60.4 cm³/mol. The van der Waals surface area contributed by atoms with Crippen LogP contribution in [0, 0.1) is 10.1 Å². The average molecular weight is 240 g/mol. The van der Waals surface area contributed by atoms with Crippen molar-refractivity contribution in [1.82, 2.24) is 15.1 Å². The smallest absolute Gasteiger partial charge is 0.314 e. The van der Waals surface area contributed by atoms with Crippen molar-refractivity contribution in [2.75, 3.05) is 13.1 Å². The summed E-state index contributed by atoms with van der Waals surface area (Å²) in [4.78, 5) is 10.2. The van der Waals surface area contributed by atoms with Crippen molar-refractivity contribution in [3.63, 3.8) is 0 Å². The molecule has 1 aromatic rings. The molecule has 7 heteroatoms. The Kier molecular flexibility index (Phi) is 3.19. The summed E-state index contributed by atoms with van der Waals surface area (Å²) >= 11 is 0. The molecular formula is C10H13FN4O2. The summed E-state index contributed by atoms with van der Waals surface area (Å²) in [5, 5.41) is 17.6. The molecule has 1 N–H and O–H groups in total. The van der Waals surface area contributed by atoms with Gasteiger partial charge in [0, 0.05) is 6.54 Å². The molecule has 0 radical (unpaired) electrons. The van der Waals surface area contributed by atoms with Gasteiger partial charge in [-0.3, -0.25) is 14.8 Å². The van der Waals surface area contributed by atoms with E-state index in [0.717, 1.165) is 6.20 Å². The lowest BCUT2D eigenvalue weighted by Gasteiger charge is -2.27. The summed E-state index contributed by atoms with van der Waals surface area (Å²) in [5.74, 6) is 0. The van der Waals surface area contributed by atoms with E-state index in [1.165, 1.54) is 10.8 Å². The van der Waals surface area contributed by atoms with Crippen LogP contribution in [0.4, 0.5) is 10.1 Å². The van der Waals surface area contributed by atoms with Crippen LogP contribution in [0.1, 0.15) is 18.2 Å². The Labute approximate surface area is 97.3 Å². The van der Waals surface area contributed by atoms with Gasteiger partial charge in [-0.05, 0) is 19.0 Å². The first-order chi connectivity index (χ1) is 8.15. The van der Waals surface area contributed by atoms with Crippen molar-refractivity contribution in [2.24, 2.45) is 0 Å². The predicted octanol–water partition coefficient (Wildman–Crippen LogP) is 1.31. The van der Waals surface area contributed by atoms with Crippen LogP contribution >= 0.6 is 0 Å². The molecule has 2 atom stereocenters. The molecule has 1 aliphatic heterocycles. The zero-order chi connectivity index (χ0) is 12.4. The molecule has 6 nitrogen and oxygen atoms in total. The number of halogens is 1. The topological polar surface area (TPSA) is 73.0 Å². The maximum absolute atomic E-state index is 13.7. The van der Waals surface area contributed by atoms with Gasteiger partial charge in [-0.25, -0.2) is 4.39 Å². The quantitative estimate of drug-likeness (QED) is 0.638. The van der Waals surface area contributed by atoms with E-state index in [-0.39, 0.29) is 17.9 Å². The molecule has 1 aliphatic rings. The lowest BCUT2D eigenvalue weighted by molar-refractivity contribution is -0.385. The van der Waals surface area contributed by atoms with Crippen LogP contribution in [0.3, 0.4) is 0 Å². The first kappa shape index (κ1) is 11.7. The van der Waals surface area contributed by atoms with Gasteiger partial charge in [0.25, 0.3) is 0 Å². The van der Waals surface area contributed by atoms with Gasteiger partial charge in [-0.2, -0.15) is 5.10 Å². The molecule has 1 saturated heterocycles. The zero-order valence-electron chi connectivity index (χ0n) is 9.17. The normalized spacial score (nSPS) is 24.5. The summed E-state index contributed by atoms with van der Waals surface area (Å²) in [6, 6.07) is -0.460. The number of nitrogens with one attached hydrogen (secondary N) is 1. The second-order valence-electron chi connectivity index (χ2n) is 3.90. The third-order valence-electron chi connectivity index (χ3n) is 2.89. The number of nitrogens with zero attached hydrogens (tertiary/aromatic N) is 3. The summed E-state index contributed by atoms with van der Waals surface area (Å²) in [7, 11) is 0. The van der Waals surface area contributed by atoms with Crippen molar-refractivity contribution >= 4 is 11.8 Å². The number of alkyl halides is 1. The van der Waals surface area contributed by atoms with E-state index >= 15 is 0 Å². The van der Waals surface area contributed by atoms with Crippen molar-refractivity contribution in [3.05, 3.63) is 28.6 Å². The first-order valence-electron chi connectivity index (χ1n) is 5.34. The Morgan fingerprint density at radius 2 is 2.53 bits per heavy atom. The highest BCUT2D eigenvalue weighted by atomic mass is 19.1. The minimum Gasteiger partial charge on any atom is -0.314 e. The van der Waals surface area contributed by atoms with Crippen LogP contribution in [0.15, 0.2) is 12.8 Å². The van der Waals surface area contributed by atoms with Gasteiger partial charge in [0.2, 0.25) is 0 Å². The van der Waals surface area contributed by atoms with Gasteiger partial charge < -0.3 is 5.32 Å². The summed E-state index contributed by atoms with van der Waals surface area (Å²) < 4.78 is 15.1. The molecular weight excluding hydrogens is 227 g/mol. The third-order valence-corrected chi connectivity index (χ3v) is 2.89. The van der Waals surface area contributed by atoms with Crippen molar-refractivity contribution in [2.45, 2.75) is 18.6 Å². The Balaban J connectivity index is 2.37. The molecule has 17 heavy (non-hydrogen) atoms. The fourth-order valence-corrected chi connectivity index (χ4v) is 2.05. The molecule has 92 valence electrons. The molecule has 0 bridgehead atoms. The third kappa shape index (κ3) is 2.05. The van der Waals surface area contributed by atoms with Gasteiger partial charge >= 0.3 is 5.69 Å². The lowest BCUT2D eigenvalue weighted by atomic mass is 10.0. The van der Waals surface area contributed by atoms with E-state index in [2.05, 4.69) is 17.0 Å². The monoisotopic (exact) mass is 240 g/mol. The Bertz CT molecular complexity index is 446. The van der Waals surface area contributed by atoms with Crippen LogP contribution in [-0.4, -0.2) is 34.0 Å². The van der Waals surface area contributed by atoms with E-state index in [1.807, 2.05) is 0 Å². The number of rotatable bonds is 3. The van der Waals surface area contributed by atoms with Crippen molar-refractivity contribution < 1.29 is 9.31 Å². The highest BCUT2D eigenvalue weighted by Gasteiger charge is 2.30. The SMILES string of the molecule is C=Cc1c([N+](=O)[O-])cnn1C1CCNCC1F. The molecule has 0 saturated carbocycles. The van der Waals surface area contributed by atoms with E-state index in [0.29, 0.717) is 13.0 Å². The largest absolute Gasteiger partial charge is 0.314 e. The number of piperidine rings is 1. The van der Waals surface area contributed by atoms with Gasteiger partial charge in [0.15, 0.2) is 0 Å². The fourth-order valence-electron chi connectivity index (χ4n) is 2.05. The van der Waals surface area contributed by atoms with Gasteiger partial charge in [0.1, 0.15) is 18.1 Å². The van der Waals surface area contributed by atoms with Crippen LogP contribution in [0.2, 0.25) is 0 Å². The van der Waals surface area contributed by atoms with Gasteiger partial charge in [-0.15, -0.1) is 0 Å². The fraction of sp³-hybridized carbons (Fsp3) is 0.500. The Morgan fingerprint density at radius 1 is 1.76 bits per heavy atom. The molecule has 1 aromatic heterocycles. The average Bonchev–Trinajstić information content (AvgIpc) is 2.73. The zero-order valence-corrected chi connectivity index (χ0v) is 9.17. The van der Waals surface area contributed by atoms with E-state index in [4.69, 9.17) is 0 Å². The number of hydrogen-bond acceptors (Lipinski definition) is 4. The van der Waals surface area contributed by atoms with Crippen LogP contribution in [0.5, 0.6) is 0 Å². The molecule has 0 aromatic carbocycles. The number of nitro groups is 1. The standard InChI is InChI=1S/C10H13FN4O2/c1-2-8-10(15(16)17)6-13-14(8)9-3-4-12-5-7(9)11/h2,6-7,9,12H,1,3-5H2. The van der Waals surface area contributed by atoms with Crippen LogP contribution < -0.4 is 5.32 Å². The minimum absolute atomic E-state index is 0.134. The first-order valence-corrected chi connectivity index (χ1v) is 5.34. The summed E-state index contributed by atoms with van der Waals surface area (Å²) in [6.45, 7) is 4.44. The van der Waals surface area contributed by atoms with Crippen molar-refractivity contribution in [1.29, 1.82) is 0 Å². The molecule has 0 amide bonds. The maximum atomic E-state index is 13.7. The molecule has 2 heterocycles. The van der Waals surface area contributed by atoms with E-state index in [9.17, 15) is 14.5 Å². The summed E-state index contributed by atoms with van der Waals surface area (Å²) in [6.07, 6.45) is 1.95. The molecule has 0 spiro atoms. The Morgan fingerprint density at radius 3 is 3.12 bits per heavy atom. The minimum atomic E-state index is -1.10. The van der Waals surface area contributed by atoms with Gasteiger partial charge in [-0.1, -0.05) is 6.58 Å². The lowest BCUT2D eigenvalue weighted by Crippen LogP contribution is -2.39. The second kappa shape index (κ2) is 4.62. The second-order valence-corrected chi connectivity index (χ2v) is 3.90. The molecule has 1 fully saturated rings. The van der Waals surface area contributed by atoms with Crippen LogP contribution in [0.25, 0.3) is 6.08 Å². The molecule has 2 unspecified atom stereocenters. The highest BCUT2D eigenvalue weighted by molar-refractivity contribution is 5.55. The summed E-state index contributed by atoms with van der Waals surface area (Å²) in [5.41, 5.74) is 0.135. The number of aromatic nitrogens is 2. The van der Waals surface area contributed by atoms with Crippen molar-refractivity contribution in [3.8, 4) is 0 Å². The molecule has 2 rings (SSSR count). The maximum Gasteiger partial charge on any atom is 0.314 e. The highest BCUT2D eigenvalue weighted by Crippen LogP contribution is 2.28.